The Balaban J connectivity index is 1.98. The minimum absolute atomic E-state index is 0.0630. The van der Waals surface area contributed by atoms with Crippen LogP contribution in [0.25, 0.3) is 0 Å². The van der Waals surface area contributed by atoms with Gasteiger partial charge >= 0.3 is 0 Å². The van der Waals surface area contributed by atoms with Crippen LogP contribution in [0.2, 0.25) is 0 Å². The van der Waals surface area contributed by atoms with Gasteiger partial charge in [-0.2, -0.15) is 0 Å². The van der Waals surface area contributed by atoms with Crippen LogP contribution in [0, 0.1) is 12.8 Å². The van der Waals surface area contributed by atoms with Gasteiger partial charge in [0, 0.05) is 24.9 Å². The molecule has 1 fully saturated rings. The monoisotopic (exact) mass is 296 g/mol. The first-order valence-corrected chi connectivity index (χ1v) is 8.98. The highest BCUT2D eigenvalue weighted by atomic mass is 32.2. The van der Waals surface area contributed by atoms with Crippen molar-refractivity contribution in [3.05, 3.63) is 23.5 Å². The van der Waals surface area contributed by atoms with E-state index < -0.39 is 9.84 Å². The minimum Gasteiger partial charge on any atom is -0.377 e. The second-order valence-electron chi connectivity index (χ2n) is 5.87. The number of sulfone groups is 1. The number of ether oxygens (including phenoxy) is 1. The predicted octanol–water partition coefficient (Wildman–Crippen LogP) is 0.812. The Bertz CT molecular complexity index is 615. The largest absolute Gasteiger partial charge is 0.377 e. The third kappa shape index (κ3) is 2.67. The molecule has 20 heavy (non-hydrogen) atoms. The molecule has 0 radical (unpaired) electrons. The van der Waals surface area contributed by atoms with Gasteiger partial charge in [-0.1, -0.05) is 0 Å². The van der Waals surface area contributed by atoms with Crippen molar-refractivity contribution in [2.75, 3.05) is 36.7 Å². The van der Waals surface area contributed by atoms with E-state index in [-0.39, 0.29) is 17.7 Å². The molecule has 0 saturated carbocycles. The topological polar surface area (TPSA) is 59.5 Å². The number of rotatable bonds is 2. The molecule has 1 saturated heterocycles. The first kappa shape index (κ1) is 13.8. The van der Waals surface area contributed by atoms with Crippen molar-refractivity contribution < 1.29 is 13.2 Å². The Morgan fingerprint density at radius 1 is 1.50 bits per heavy atom. The molecule has 3 rings (SSSR count). The quantitative estimate of drug-likeness (QED) is 0.808. The summed E-state index contributed by atoms with van der Waals surface area (Å²) in [6, 6.07) is 2.30. The number of aromatic nitrogens is 1. The number of anilines is 1. The zero-order valence-electron chi connectivity index (χ0n) is 11.9. The number of fused-ring (bicyclic) bond motifs is 3. The Morgan fingerprint density at radius 2 is 2.30 bits per heavy atom. The lowest BCUT2D eigenvalue weighted by molar-refractivity contribution is 0.0753. The Labute approximate surface area is 119 Å². The van der Waals surface area contributed by atoms with Crippen LogP contribution in [-0.4, -0.2) is 51.2 Å². The molecule has 1 aromatic heterocycles. The van der Waals surface area contributed by atoms with E-state index in [9.17, 15) is 8.42 Å². The Morgan fingerprint density at radius 3 is 3.05 bits per heavy atom. The molecule has 110 valence electrons. The lowest BCUT2D eigenvalue weighted by Gasteiger charge is -2.45. The van der Waals surface area contributed by atoms with E-state index in [1.807, 2.05) is 13.1 Å². The van der Waals surface area contributed by atoms with Crippen LogP contribution < -0.4 is 4.90 Å². The molecule has 0 aliphatic carbocycles. The standard InChI is InChI=1S/C14H20N2O3S/c1-10-5-13-12(15-7-10)6-11(9-20(2,17)18)14-8-19-4-3-16(13)14/h5,7,11,14H,3-4,6,8-9H2,1-2H3. The van der Waals surface area contributed by atoms with Gasteiger partial charge in [-0.15, -0.1) is 0 Å². The summed E-state index contributed by atoms with van der Waals surface area (Å²) in [5.74, 6) is 0.264. The summed E-state index contributed by atoms with van der Waals surface area (Å²) in [6.07, 6.45) is 3.88. The van der Waals surface area contributed by atoms with Crippen molar-refractivity contribution in [2.24, 2.45) is 5.92 Å². The van der Waals surface area contributed by atoms with Crippen LogP contribution in [0.4, 0.5) is 5.69 Å². The van der Waals surface area contributed by atoms with Gasteiger partial charge in [0.05, 0.1) is 36.4 Å². The molecule has 0 N–H and O–H groups in total. The number of aryl methyl sites for hydroxylation is 1. The fourth-order valence-corrected chi connectivity index (χ4v) is 4.36. The lowest BCUT2D eigenvalue weighted by atomic mass is 9.88. The van der Waals surface area contributed by atoms with Gasteiger partial charge in [0.15, 0.2) is 0 Å². The molecular formula is C14H20N2O3S. The van der Waals surface area contributed by atoms with E-state index in [2.05, 4.69) is 16.0 Å². The summed E-state index contributed by atoms with van der Waals surface area (Å²) in [4.78, 5) is 6.80. The van der Waals surface area contributed by atoms with Crippen LogP contribution in [0.3, 0.4) is 0 Å². The zero-order chi connectivity index (χ0) is 14.3. The van der Waals surface area contributed by atoms with Crippen molar-refractivity contribution in [1.29, 1.82) is 0 Å². The maximum Gasteiger partial charge on any atom is 0.147 e. The van der Waals surface area contributed by atoms with Crippen LogP contribution in [0.1, 0.15) is 11.3 Å². The van der Waals surface area contributed by atoms with Gasteiger partial charge < -0.3 is 9.64 Å². The average Bonchev–Trinajstić information content (AvgIpc) is 2.38. The molecule has 2 unspecified atom stereocenters. The summed E-state index contributed by atoms with van der Waals surface area (Å²) >= 11 is 0. The van der Waals surface area contributed by atoms with Crippen molar-refractivity contribution in [3.63, 3.8) is 0 Å². The van der Waals surface area contributed by atoms with Crippen molar-refractivity contribution >= 4 is 15.5 Å². The molecule has 2 aliphatic heterocycles. The van der Waals surface area contributed by atoms with Crippen molar-refractivity contribution in [2.45, 2.75) is 19.4 Å². The van der Waals surface area contributed by atoms with E-state index in [1.165, 1.54) is 6.26 Å². The predicted molar refractivity (Wildman–Crippen MR) is 77.8 cm³/mol. The first-order chi connectivity index (χ1) is 9.44. The van der Waals surface area contributed by atoms with E-state index in [1.54, 1.807) is 0 Å². The molecule has 6 heteroatoms. The smallest absolute Gasteiger partial charge is 0.147 e. The SMILES string of the molecule is Cc1cnc2c(c1)N1CCOCC1C(CS(C)(=O)=O)C2. The minimum atomic E-state index is -3.00. The van der Waals surface area contributed by atoms with E-state index >= 15 is 0 Å². The van der Waals surface area contributed by atoms with Crippen LogP contribution >= 0.6 is 0 Å². The third-order valence-electron chi connectivity index (χ3n) is 4.08. The van der Waals surface area contributed by atoms with Crippen molar-refractivity contribution in [1.82, 2.24) is 4.98 Å². The third-order valence-corrected chi connectivity index (χ3v) is 5.11. The fourth-order valence-electron chi connectivity index (χ4n) is 3.24. The second-order valence-corrected chi connectivity index (χ2v) is 8.06. The average molecular weight is 296 g/mol. The summed E-state index contributed by atoms with van der Waals surface area (Å²) in [7, 11) is -3.00. The molecule has 1 aromatic rings. The summed E-state index contributed by atoms with van der Waals surface area (Å²) in [5.41, 5.74) is 3.31. The molecule has 5 nitrogen and oxygen atoms in total. The molecule has 0 aromatic carbocycles. The van der Waals surface area contributed by atoms with Crippen LogP contribution in [0.5, 0.6) is 0 Å². The Kier molecular flexibility index (Phi) is 3.46. The van der Waals surface area contributed by atoms with Gasteiger partial charge in [0.1, 0.15) is 9.84 Å². The zero-order valence-corrected chi connectivity index (χ0v) is 12.7. The van der Waals surface area contributed by atoms with Gasteiger partial charge in [-0.3, -0.25) is 4.98 Å². The van der Waals surface area contributed by atoms with Crippen LogP contribution in [0.15, 0.2) is 12.3 Å². The van der Waals surface area contributed by atoms with Gasteiger partial charge in [0.2, 0.25) is 0 Å². The fraction of sp³-hybridized carbons (Fsp3) is 0.643. The maximum absolute atomic E-state index is 11.7. The molecule has 2 aliphatic rings. The number of pyridine rings is 1. The van der Waals surface area contributed by atoms with Crippen molar-refractivity contribution in [3.8, 4) is 0 Å². The van der Waals surface area contributed by atoms with Crippen LogP contribution in [-0.2, 0) is 21.0 Å². The number of morpholine rings is 1. The maximum atomic E-state index is 11.7. The summed E-state index contributed by atoms with van der Waals surface area (Å²) in [5, 5.41) is 0. The highest BCUT2D eigenvalue weighted by molar-refractivity contribution is 7.90. The van der Waals surface area contributed by atoms with Gasteiger partial charge in [0.25, 0.3) is 0 Å². The van der Waals surface area contributed by atoms with Gasteiger partial charge in [-0.25, -0.2) is 8.42 Å². The molecule has 2 atom stereocenters. The van der Waals surface area contributed by atoms with E-state index in [0.717, 1.165) is 23.5 Å². The van der Waals surface area contributed by atoms with E-state index in [4.69, 9.17) is 4.74 Å². The lowest BCUT2D eigenvalue weighted by Crippen LogP contribution is -2.54. The summed E-state index contributed by atoms with van der Waals surface area (Å²) in [6.45, 7) is 4.14. The normalized spacial score (nSPS) is 26.0. The number of hydrogen-bond acceptors (Lipinski definition) is 5. The number of nitrogens with zero attached hydrogens (tertiary/aromatic N) is 2. The molecule has 0 spiro atoms. The number of hydrogen-bond donors (Lipinski definition) is 0. The first-order valence-electron chi connectivity index (χ1n) is 6.92. The molecule has 0 bridgehead atoms. The molecular weight excluding hydrogens is 276 g/mol. The molecule has 3 heterocycles. The second kappa shape index (κ2) is 5.00. The molecule has 0 amide bonds. The Hall–Kier alpha value is -1.14. The van der Waals surface area contributed by atoms with Gasteiger partial charge in [-0.05, 0) is 25.0 Å². The summed E-state index contributed by atoms with van der Waals surface area (Å²) < 4.78 is 28.9. The highest BCUT2D eigenvalue weighted by Crippen LogP contribution is 2.35. The highest BCUT2D eigenvalue weighted by Gasteiger charge is 2.38. The van der Waals surface area contributed by atoms with E-state index in [0.29, 0.717) is 19.6 Å².